The van der Waals surface area contributed by atoms with Crippen molar-refractivity contribution in [1.82, 2.24) is 24.3 Å². The first-order valence-electron chi connectivity index (χ1n) is 22.2. The summed E-state index contributed by atoms with van der Waals surface area (Å²) in [6, 6.07) is 14.7. The number of carbonyl (C=O) groups is 4. The number of quaternary nitrogens is 1. The lowest BCUT2D eigenvalue weighted by Gasteiger charge is -2.39. The number of ether oxygens (including phenoxy) is 2. The predicted molar refractivity (Wildman–Crippen MR) is 245 cm³/mol. The zero-order valence-electron chi connectivity index (χ0n) is 38.0. The molecule has 2 unspecified atom stereocenters. The first kappa shape index (κ1) is 46.7. The van der Waals surface area contributed by atoms with Gasteiger partial charge in [-0.3, -0.25) is 19.3 Å². The molecule has 64 heavy (non-hydrogen) atoms. The zero-order chi connectivity index (χ0) is 46.1. The number of amides is 3. The van der Waals surface area contributed by atoms with Crippen LogP contribution >= 0.6 is 11.8 Å². The number of rotatable bonds is 18. The van der Waals surface area contributed by atoms with Crippen LogP contribution in [0.15, 0.2) is 53.3 Å². The number of unbranched alkanes of at least 4 members (excludes halogenated alkanes) is 2. The molecule has 2 aromatic heterocycles. The van der Waals surface area contributed by atoms with Crippen molar-refractivity contribution >= 4 is 46.5 Å². The van der Waals surface area contributed by atoms with Crippen LogP contribution < -0.4 is 10.3 Å². The molecule has 342 valence electrons. The Morgan fingerprint density at radius 2 is 1.78 bits per heavy atom. The molecule has 2 aromatic carbocycles. The van der Waals surface area contributed by atoms with Gasteiger partial charge < -0.3 is 38.5 Å². The summed E-state index contributed by atoms with van der Waals surface area (Å²) < 4.78 is 13.1. The maximum atomic E-state index is 13.8. The third-order valence-electron chi connectivity index (χ3n) is 13.3. The van der Waals surface area contributed by atoms with E-state index in [1.165, 1.54) is 11.9 Å². The second-order valence-electron chi connectivity index (χ2n) is 18.0. The second-order valence-corrected chi connectivity index (χ2v) is 19.3. The van der Waals surface area contributed by atoms with E-state index in [0.717, 1.165) is 67.5 Å². The van der Waals surface area contributed by atoms with Crippen LogP contribution in [-0.2, 0) is 44.4 Å². The number of esters is 1. The number of aliphatic hydroxyl groups is 1. The average molecular weight is 898 g/mol. The zero-order valence-corrected chi connectivity index (χ0v) is 38.8. The van der Waals surface area contributed by atoms with Gasteiger partial charge in [-0.2, -0.15) is 0 Å². The number of phenols is 1. The van der Waals surface area contributed by atoms with E-state index in [0.29, 0.717) is 45.8 Å². The van der Waals surface area contributed by atoms with E-state index in [1.807, 2.05) is 30.3 Å². The summed E-state index contributed by atoms with van der Waals surface area (Å²) in [7, 11) is 9.60. The van der Waals surface area contributed by atoms with Crippen molar-refractivity contribution in [3.05, 3.63) is 86.7 Å². The first-order chi connectivity index (χ1) is 30.5. The molecule has 4 aromatic rings. The van der Waals surface area contributed by atoms with Crippen LogP contribution in [0.5, 0.6) is 11.5 Å². The number of hydrogen-bond donors (Lipinski definition) is 2. The molecule has 16 heteroatoms. The van der Waals surface area contributed by atoms with Crippen molar-refractivity contribution in [2.75, 3.05) is 60.6 Å². The molecule has 15 nitrogen and oxygen atoms in total. The van der Waals surface area contributed by atoms with Gasteiger partial charge in [-0.05, 0) is 100 Å². The number of cyclic esters (lactones) is 1. The Kier molecular flexibility index (Phi) is 13.9. The molecule has 1 saturated heterocycles. The maximum absolute atomic E-state index is 13.8. The first-order valence-corrected chi connectivity index (χ1v) is 23.3. The van der Waals surface area contributed by atoms with Crippen LogP contribution in [0.2, 0.25) is 0 Å². The van der Waals surface area contributed by atoms with E-state index in [9.17, 15) is 34.2 Å². The van der Waals surface area contributed by atoms with Gasteiger partial charge >= 0.3 is 12.1 Å². The van der Waals surface area contributed by atoms with Gasteiger partial charge in [0.1, 0.15) is 30.7 Å². The molecule has 3 aliphatic heterocycles. The molecule has 0 saturated carbocycles. The van der Waals surface area contributed by atoms with Gasteiger partial charge in [-0.15, -0.1) is 11.8 Å². The average Bonchev–Trinajstić information content (AvgIpc) is 3.76. The van der Waals surface area contributed by atoms with E-state index >= 15 is 0 Å². The van der Waals surface area contributed by atoms with Gasteiger partial charge in [0, 0.05) is 55.6 Å². The van der Waals surface area contributed by atoms with Crippen LogP contribution in [0.4, 0.5) is 4.79 Å². The summed E-state index contributed by atoms with van der Waals surface area (Å²) in [6.45, 7) is 6.62. The van der Waals surface area contributed by atoms with E-state index in [-0.39, 0.29) is 71.5 Å². The highest BCUT2D eigenvalue weighted by atomic mass is 32.2. The number of imide groups is 1. The Bertz CT molecular complexity index is 2510. The molecule has 5 heterocycles. The topological polar surface area (TPSA) is 172 Å². The van der Waals surface area contributed by atoms with Gasteiger partial charge in [-0.1, -0.05) is 20.3 Å². The van der Waals surface area contributed by atoms with Crippen molar-refractivity contribution in [1.29, 1.82) is 0 Å². The molecule has 0 bridgehead atoms. The number of nitrogens with zero attached hydrogens (tertiary/aromatic N) is 6. The summed E-state index contributed by atoms with van der Waals surface area (Å²) >= 11 is 1.55. The number of carbonyl (C=O) groups excluding carboxylic acids is 4. The van der Waals surface area contributed by atoms with E-state index in [1.54, 1.807) is 53.4 Å². The third kappa shape index (κ3) is 9.28. The summed E-state index contributed by atoms with van der Waals surface area (Å²) in [5.74, 6) is 0.314. The monoisotopic (exact) mass is 897 g/mol. The smallest absolute Gasteiger partial charge is 0.414 e. The quantitative estimate of drug-likeness (QED) is 0.0461. The molecule has 2 N–H and O–H groups in total. The van der Waals surface area contributed by atoms with Crippen LogP contribution in [0.3, 0.4) is 0 Å². The molecule has 0 radical (unpaired) electrons. The molecule has 3 amide bonds. The Labute approximate surface area is 378 Å². The fourth-order valence-electron chi connectivity index (χ4n) is 9.16. The van der Waals surface area contributed by atoms with Crippen molar-refractivity contribution in [2.24, 2.45) is 0 Å². The van der Waals surface area contributed by atoms with Crippen LogP contribution in [-0.4, -0.2) is 129 Å². The Hall–Kier alpha value is -5.29. The molecule has 0 spiro atoms. The predicted octanol–water partition coefficient (Wildman–Crippen LogP) is 5.93. The van der Waals surface area contributed by atoms with Crippen molar-refractivity contribution in [3.8, 4) is 22.9 Å². The van der Waals surface area contributed by atoms with Crippen LogP contribution in [0.1, 0.15) is 92.7 Å². The molecule has 0 aliphatic carbocycles. The van der Waals surface area contributed by atoms with E-state index < -0.39 is 17.7 Å². The normalized spacial score (nSPS) is 18.6. The molecular weight excluding hydrogens is 837 g/mol. The Balaban J connectivity index is 1.13. The number of thioether (sulfide) groups is 1. The van der Waals surface area contributed by atoms with Crippen molar-refractivity contribution < 1.29 is 43.3 Å². The van der Waals surface area contributed by atoms with Gasteiger partial charge in [0.05, 0.1) is 53.9 Å². The number of aromatic nitrogens is 2. The molecule has 3 aliphatic rings. The summed E-state index contributed by atoms with van der Waals surface area (Å²) in [6.07, 6.45) is 4.20. The third-order valence-corrected chi connectivity index (χ3v) is 14.6. The number of benzene rings is 2. The SMILES string of the molecule is CCN(C)CCCN(C)C(=O)Oc1ccc(C(CCCCCSC2CC(=O)N(C)C2=O)[N+](C)(C)Cc2c(O)ccc3nc4c(cc23)Cn2c-4cc3c(c2=O)COC(=O)[C@]3(O)CC)cc1. The van der Waals surface area contributed by atoms with Crippen molar-refractivity contribution in [2.45, 2.75) is 95.4 Å². The highest BCUT2D eigenvalue weighted by Crippen LogP contribution is 2.42. The molecule has 7 rings (SSSR count). The number of aromatic hydroxyl groups is 1. The fraction of sp³-hybridized carbons (Fsp3) is 0.500. The van der Waals surface area contributed by atoms with E-state index in [2.05, 4.69) is 33.0 Å². The highest BCUT2D eigenvalue weighted by molar-refractivity contribution is 8.00. The standard InChI is InChI=1S/C48H60N6O9S/c1-8-48(61)36-25-38-43-31(27-53(38)44(57)35(36)29-62-46(48)59)24-33-34(40(55)20-19-37(33)49-43)28-54(6,7)39(14-11-10-12-23-64-41-26-42(56)52(5)45(41)58)30-15-17-32(18-16-30)63-47(60)51(4)22-13-21-50(3)9-2/h15-20,24-25,39,41,61H,8-14,21-23,26-29H2,1-7H3/p+1/t39?,41?,48-/m0/s1. The van der Waals surface area contributed by atoms with Crippen LogP contribution in [0.25, 0.3) is 22.3 Å². The lowest BCUT2D eigenvalue weighted by atomic mass is 9.86. The lowest BCUT2D eigenvalue weighted by molar-refractivity contribution is -0.934. The van der Waals surface area contributed by atoms with Gasteiger partial charge in [0.15, 0.2) is 5.60 Å². The second kappa shape index (κ2) is 19.0. The number of likely N-dealkylation sites (tertiary alicyclic amines) is 1. The minimum Gasteiger partial charge on any atom is -0.507 e. The van der Waals surface area contributed by atoms with Crippen molar-refractivity contribution in [3.63, 3.8) is 0 Å². The van der Waals surface area contributed by atoms with Crippen LogP contribution in [0, 0.1) is 0 Å². The maximum Gasteiger partial charge on any atom is 0.414 e. The fourth-order valence-corrected chi connectivity index (χ4v) is 10.4. The van der Waals surface area contributed by atoms with Gasteiger partial charge in [0.25, 0.3) is 5.56 Å². The minimum absolute atomic E-state index is 0.0486. The highest BCUT2D eigenvalue weighted by Gasteiger charge is 2.45. The summed E-state index contributed by atoms with van der Waals surface area (Å²) in [5, 5.41) is 23.3. The Morgan fingerprint density at radius 1 is 1.03 bits per heavy atom. The minimum atomic E-state index is -1.93. The van der Waals surface area contributed by atoms with E-state index in [4.69, 9.17) is 14.5 Å². The number of pyridine rings is 2. The summed E-state index contributed by atoms with van der Waals surface area (Å²) in [5.41, 5.74) is 2.50. The summed E-state index contributed by atoms with van der Waals surface area (Å²) in [4.78, 5) is 74.0. The number of fused-ring (bicyclic) bond motifs is 5. The number of hydrogen-bond acceptors (Lipinski definition) is 12. The van der Waals surface area contributed by atoms with Gasteiger partial charge in [-0.25, -0.2) is 14.6 Å². The molecule has 3 atom stereocenters. The number of phenolic OH excluding ortho intramolecular Hbond substituents is 1. The lowest BCUT2D eigenvalue weighted by Crippen LogP contribution is -2.44. The molecular formula is C48H61N6O9S+. The van der Waals surface area contributed by atoms with Gasteiger partial charge in [0.2, 0.25) is 11.8 Å². The largest absolute Gasteiger partial charge is 0.507 e. The molecule has 1 fully saturated rings. The Morgan fingerprint density at radius 3 is 2.47 bits per heavy atom.